The minimum absolute atomic E-state index is 0.170. The number of benzene rings is 2. The molecule has 0 bridgehead atoms. The van der Waals surface area contributed by atoms with Crippen LogP contribution in [0.25, 0.3) is 0 Å². The number of alkyl halides is 3. The molecule has 4 rings (SSSR count). The molecule has 2 aliphatic rings. The van der Waals surface area contributed by atoms with Crippen molar-refractivity contribution in [3.63, 3.8) is 0 Å². The van der Waals surface area contributed by atoms with Gasteiger partial charge < -0.3 is 15.0 Å². The largest absolute Gasteiger partial charge is 0.427 e. The summed E-state index contributed by atoms with van der Waals surface area (Å²) in [5.74, 6) is -2.46. The lowest BCUT2D eigenvalue weighted by Gasteiger charge is -2.31. The molecular formula is C24H23F4N3O4. The Labute approximate surface area is 198 Å². The molecule has 1 saturated heterocycles. The molecule has 0 aromatic heterocycles. The van der Waals surface area contributed by atoms with Crippen LogP contribution in [0.15, 0.2) is 42.5 Å². The van der Waals surface area contributed by atoms with Gasteiger partial charge in [-0.1, -0.05) is 18.2 Å². The van der Waals surface area contributed by atoms with Crippen LogP contribution >= 0.6 is 0 Å². The van der Waals surface area contributed by atoms with Gasteiger partial charge in [0.2, 0.25) is 11.5 Å². The highest BCUT2D eigenvalue weighted by Crippen LogP contribution is 2.46. The SMILES string of the molecule is CNc1ccc2c(c1)CC[C@@]21OC(=O)N(CC(=O)N(Cc2ccc(F)cc2)[C@@H](C)C(F)(F)F)C1=O. The standard InChI is InChI=1S/C24H23F4N3O4/c1-14(24(26,27)28)30(12-15-3-5-17(25)6-4-15)20(32)13-31-21(33)23(35-22(31)34)10-9-16-11-18(29-2)7-8-19(16)23/h3-8,11,14,29H,9-10,12-13H2,1-2H3/t14-,23+/m0/s1. The van der Waals surface area contributed by atoms with Gasteiger partial charge in [-0.05, 0) is 48.7 Å². The fourth-order valence-corrected chi connectivity index (χ4v) is 4.44. The van der Waals surface area contributed by atoms with E-state index in [1.54, 1.807) is 19.2 Å². The number of aryl methyl sites for hydroxylation is 1. The third-order valence-electron chi connectivity index (χ3n) is 6.47. The summed E-state index contributed by atoms with van der Waals surface area (Å²) in [5, 5.41) is 2.98. The highest BCUT2D eigenvalue weighted by molar-refractivity contribution is 6.06. The molecule has 35 heavy (non-hydrogen) atoms. The van der Waals surface area contributed by atoms with Gasteiger partial charge >= 0.3 is 12.3 Å². The average Bonchev–Trinajstić information content (AvgIpc) is 3.29. The van der Waals surface area contributed by atoms with Crippen molar-refractivity contribution in [1.29, 1.82) is 0 Å². The van der Waals surface area contributed by atoms with E-state index in [2.05, 4.69) is 5.32 Å². The number of amides is 3. The molecule has 7 nitrogen and oxygen atoms in total. The predicted molar refractivity (Wildman–Crippen MR) is 117 cm³/mol. The molecule has 11 heteroatoms. The number of fused-ring (bicyclic) bond motifs is 2. The van der Waals surface area contributed by atoms with Gasteiger partial charge in [-0.15, -0.1) is 0 Å². The molecule has 1 spiro atoms. The van der Waals surface area contributed by atoms with Crippen LogP contribution in [0.1, 0.15) is 30.0 Å². The molecule has 1 aliphatic carbocycles. The van der Waals surface area contributed by atoms with E-state index in [1.165, 1.54) is 12.1 Å². The topological polar surface area (TPSA) is 79.0 Å². The first-order chi connectivity index (χ1) is 16.5. The molecule has 1 aliphatic heterocycles. The molecule has 1 heterocycles. The van der Waals surface area contributed by atoms with Crippen molar-refractivity contribution in [2.75, 3.05) is 18.9 Å². The van der Waals surface area contributed by atoms with Gasteiger partial charge in [0.05, 0.1) is 0 Å². The molecule has 3 amide bonds. The molecule has 2 aromatic carbocycles. The molecule has 0 unspecified atom stereocenters. The van der Waals surface area contributed by atoms with Crippen LogP contribution in [-0.4, -0.2) is 53.5 Å². The van der Waals surface area contributed by atoms with Crippen LogP contribution in [0.5, 0.6) is 0 Å². The van der Waals surface area contributed by atoms with Crippen molar-refractivity contribution in [1.82, 2.24) is 9.80 Å². The first kappa shape index (κ1) is 24.5. The number of nitrogens with zero attached hydrogens (tertiary/aromatic N) is 2. The summed E-state index contributed by atoms with van der Waals surface area (Å²) >= 11 is 0. The van der Waals surface area contributed by atoms with Crippen molar-refractivity contribution in [2.45, 2.75) is 44.1 Å². The summed E-state index contributed by atoms with van der Waals surface area (Å²) in [4.78, 5) is 40.0. The summed E-state index contributed by atoms with van der Waals surface area (Å²) in [7, 11) is 1.74. The van der Waals surface area contributed by atoms with E-state index in [0.29, 0.717) is 21.8 Å². The smallest absolute Gasteiger partial charge is 0.418 e. The van der Waals surface area contributed by atoms with Crippen molar-refractivity contribution in [3.8, 4) is 0 Å². The second kappa shape index (κ2) is 8.86. The van der Waals surface area contributed by atoms with Crippen molar-refractivity contribution in [2.24, 2.45) is 0 Å². The maximum absolute atomic E-state index is 13.5. The lowest BCUT2D eigenvalue weighted by Crippen LogP contribution is -2.51. The third kappa shape index (κ3) is 4.42. The molecule has 0 saturated carbocycles. The van der Waals surface area contributed by atoms with E-state index >= 15 is 0 Å². The molecule has 2 aromatic rings. The van der Waals surface area contributed by atoms with Gasteiger partial charge in [-0.2, -0.15) is 13.2 Å². The Kier molecular flexibility index (Phi) is 6.20. The van der Waals surface area contributed by atoms with E-state index < -0.39 is 54.6 Å². The van der Waals surface area contributed by atoms with Crippen molar-refractivity contribution in [3.05, 3.63) is 65.0 Å². The van der Waals surface area contributed by atoms with Gasteiger partial charge in [0.1, 0.15) is 18.4 Å². The number of rotatable bonds is 6. The van der Waals surface area contributed by atoms with Gasteiger partial charge in [0, 0.05) is 31.3 Å². The Morgan fingerprint density at radius 2 is 1.89 bits per heavy atom. The molecule has 186 valence electrons. The Balaban J connectivity index is 1.58. The minimum Gasteiger partial charge on any atom is -0.427 e. The number of imide groups is 1. The first-order valence-corrected chi connectivity index (χ1v) is 10.9. The lowest BCUT2D eigenvalue weighted by atomic mass is 9.94. The van der Waals surface area contributed by atoms with E-state index in [0.717, 1.165) is 30.3 Å². The van der Waals surface area contributed by atoms with E-state index in [-0.39, 0.29) is 12.0 Å². The summed E-state index contributed by atoms with van der Waals surface area (Å²) in [6, 6.07) is 7.66. The normalized spacial score (nSPS) is 20.1. The zero-order valence-corrected chi connectivity index (χ0v) is 19.0. The van der Waals surface area contributed by atoms with Crippen LogP contribution in [0, 0.1) is 5.82 Å². The average molecular weight is 493 g/mol. The number of hydrogen-bond acceptors (Lipinski definition) is 5. The van der Waals surface area contributed by atoms with E-state index in [4.69, 9.17) is 4.74 Å². The fourth-order valence-electron chi connectivity index (χ4n) is 4.44. The van der Waals surface area contributed by atoms with Crippen LogP contribution < -0.4 is 5.32 Å². The Hall–Kier alpha value is -3.63. The lowest BCUT2D eigenvalue weighted by molar-refractivity contribution is -0.187. The molecule has 1 N–H and O–H groups in total. The number of halogens is 4. The number of nitrogens with one attached hydrogen (secondary N) is 1. The minimum atomic E-state index is -4.76. The highest BCUT2D eigenvalue weighted by Gasteiger charge is 2.58. The number of anilines is 1. The summed E-state index contributed by atoms with van der Waals surface area (Å²) in [6.45, 7) is -0.595. The quantitative estimate of drug-likeness (QED) is 0.617. The zero-order valence-electron chi connectivity index (χ0n) is 19.0. The number of carbonyl (C=O) groups excluding carboxylic acids is 3. The predicted octanol–water partition coefficient (Wildman–Crippen LogP) is 3.97. The molecule has 1 fully saturated rings. The second-order valence-electron chi connectivity index (χ2n) is 8.57. The van der Waals surface area contributed by atoms with Gasteiger partial charge in [-0.3, -0.25) is 9.59 Å². The van der Waals surface area contributed by atoms with Crippen molar-refractivity contribution < 1.29 is 36.7 Å². The van der Waals surface area contributed by atoms with Gasteiger partial charge in [-0.25, -0.2) is 14.1 Å². The summed E-state index contributed by atoms with van der Waals surface area (Å²) in [6.07, 6.45) is -5.23. The Morgan fingerprint density at radius 1 is 1.20 bits per heavy atom. The highest BCUT2D eigenvalue weighted by atomic mass is 19.4. The summed E-state index contributed by atoms with van der Waals surface area (Å²) in [5.41, 5.74) is 0.762. The van der Waals surface area contributed by atoms with Crippen LogP contribution in [0.2, 0.25) is 0 Å². The third-order valence-corrected chi connectivity index (χ3v) is 6.47. The Bertz CT molecular complexity index is 1170. The maximum atomic E-state index is 13.5. The van der Waals surface area contributed by atoms with Crippen LogP contribution in [0.3, 0.4) is 0 Å². The Morgan fingerprint density at radius 3 is 2.51 bits per heavy atom. The first-order valence-electron chi connectivity index (χ1n) is 10.9. The summed E-state index contributed by atoms with van der Waals surface area (Å²) < 4.78 is 59.3. The number of hydrogen-bond donors (Lipinski definition) is 1. The molecular weight excluding hydrogens is 470 g/mol. The van der Waals surface area contributed by atoms with Crippen molar-refractivity contribution >= 4 is 23.6 Å². The van der Waals surface area contributed by atoms with Crippen LogP contribution in [-0.2, 0) is 32.9 Å². The van der Waals surface area contributed by atoms with Gasteiger partial charge in [0.25, 0.3) is 5.91 Å². The number of ether oxygens (including phenoxy) is 1. The van der Waals surface area contributed by atoms with Crippen LogP contribution in [0.4, 0.5) is 28.0 Å². The fraction of sp³-hybridized carbons (Fsp3) is 0.375. The zero-order chi connectivity index (χ0) is 25.5. The molecule has 0 radical (unpaired) electrons. The monoisotopic (exact) mass is 493 g/mol. The van der Waals surface area contributed by atoms with E-state index in [1.807, 2.05) is 6.07 Å². The molecule has 2 atom stereocenters. The van der Waals surface area contributed by atoms with E-state index in [9.17, 15) is 31.9 Å². The number of carbonyl (C=O) groups is 3. The maximum Gasteiger partial charge on any atom is 0.418 e. The van der Waals surface area contributed by atoms with Gasteiger partial charge in [0.15, 0.2) is 0 Å². The second-order valence-corrected chi connectivity index (χ2v) is 8.57.